The normalized spacial score (nSPS) is 19.9. The fourth-order valence-electron chi connectivity index (χ4n) is 2.06. The molecule has 0 bridgehead atoms. The second-order valence-electron chi connectivity index (χ2n) is 4.14. The van der Waals surface area contributed by atoms with Gasteiger partial charge in [-0.1, -0.05) is 15.9 Å². The number of fused-ring (bicyclic) bond motifs is 1. The Bertz CT molecular complexity index is 573. The Hall–Kier alpha value is -1.20. The average molecular weight is 295 g/mol. The number of nitrogens with one attached hydrogen (secondary N) is 1. The van der Waals surface area contributed by atoms with E-state index in [1.807, 2.05) is 18.2 Å². The Morgan fingerprint density at radius 1 is 1.53 bits per heavy atom. The second-order valence-corrected chi connectivity index (χ2v) is 5.06. The van der Waals surface area contributed by atoms with Crippen molar-refractivity contribution in [3.63, 3.8) is 0 Å². The maximum atomic E-state index is 12.1. The first-order valence-electron chi connectivity index (χ1n) is 5.58. The summed E-state index contributed by atoms with van der Waals surface area (Å²) < 4.78 is 6.40. The predicted octanol–water partition coefficient (Wildman–Crippen LogP) is 2.52. The fraction of sp³-hybridized carbons (Fsp3) is 0.333. The molecule has 1 fully saturated rings. The van der Waals surface area contributed by atoms with Crippen LogP contribution in [-0.2, 0) is 0 Å². The number of oxazole rings is 1. The van der Waals surface area contributed by atoms with E-state index in [0.29, 0.717) is 11.1 Å². The van der Waals surface area contributed by atoms with Gasteiger partial charge in [0.15, 0.2) is 5.58 Å². The first-order valence-corrected chi connectivity index (χ1v) is 6.37. The van der Waals surface area contributed by atoms with E-state index in [0.717, 1.165) is 23.9 Å². The molecule has 2 heterocycles. The Kier molecular flexibility index (Phi) is 2.72. The number of halogens is 1. The molecular formula is C12H11BrN2O2. The minimum atomic E-state index is -0.133. The Labute approximate surface area is 107 Å². The summed E-state index contributed by atoms with van der Waals surface area (Å²) in [6.07, 6.45) is 1.89. The number of rotatable bonds is 2. The smallest absolute Gasteiger partial charge is 0.265 e. The maximum absolute atomic E-state index is 12.1. The zero-order valence-electron chi connectivity index (χ0n) is 9.07. The summed E-state index contributed by atoms with van der Waals surface area (Å²) in [5.74, 6) is 0.160. The molecule has 0 radical (unpaired) electrons. The summed E-state index contributed by atoms with van der Waals surface area (Å²) in [4.78, 5) is 16.3. The number of Topliss-reactive ketones (excluding diaryl/α,β-unsaturated/α-hetero) is 1. The van der Waals surface area contributed by atoms with Gasteiger partial charge < -0.3 is 9.73 Å². The van der Waals surface area contributed by atoms with Gasteiger partial charge in [0.1, 0.15) is 5.52 Å². The van der Waals surface area contributed by atoms with Gasteiger partial charge in [0.05, 0.1) is 6.04 Å². The van der Waals surface area contributed by atoms with E-state index >= 15 is 0 Å². The second kappa shape index (κ2) is 4.23. The van der Waals surface area contributed by atoms with Gasteiger partial charge in [0.2, 0.25) is 5.78 Å². The molecule has 1 N–H and O–H groups in total. The van der Waals surface area contributed by atoms with Crippen molar-refractivity contribution in [3.8, 4) is 0 Å². The SMILES string of the molecule is O=C(c1nc2cc(Br)ccc2o1)[C@H]1CCCN1. The van der Waals surface area contributed by atoms with Crippen LogP contribution in [0.15, 0.2) is 27.1 Å². The number of aromatic nitrogens is 1. The summed E-state index contributed by atoms with van der Waals surface area (Å²) in [5.41, 5.74) is 1.36. The summed E-state index contributed by atoms with van der Waals surface area (Å²) >= 11 is 3.37. The lowest BCUT2D eigenvalue weighted by atomic mass is 10.1. The van der Waals surface area contributed by atoms with Crippen LogP contribution in [0.4, 0.5) is 0 Å². The topological polar surface area (TPSA) is 55.1 Å². The highest BCUT2D eigenvalue weighted by Gasteiger charge is 2.27. The van der Waals surface area contributed by atoms with Crippen LogP contribution in [0.5, 0.6) is 0 Å². The highest BCUT2D eigenvalue weighted by atomic mass is 79.9. The van der Waals surface area contributed by atoms with Gasteiger partial charge in [-0.2, -0.15) is 0 Å². The average Bonchev–Trinajstić information content (AvgIpc) is 2.96. The Morgan fingerprint density at radius 3 is 3.18 bits per heavy atom. The third-order valence-electron chi connectivity index (χ3n) is 2.94. The van der Waals surface area contributed by atoms with Crippen molar-refractivity contribution < 1.29 is 9.21 Å². The van der Waals surface area contributed by atoms with Crippen molar-refractivity contribution in [2.45, 2.75) is 18.9 Å². The molecular weight excluding hydrogens is 284 g/mol. The molecule has 0 spiro atoms. The molecule has 1 aromatic heterocycles. The number of nitrogens with zero attached hydrogens (tertiary/aromatic N) is 1. The summed E-state index contributed by atoms with van der Waals surface area (Å²) in [7, 11) is 0. The van der Waals surface area contributed by atoms with Gasteiger partial charge in [0, 0.05) is 4.47 Å². The lowest BCUT2D eigenvalue weighted by Crippen LogP contribution is -2.30. The Morgan fingerprint density at radius 2 is 2.41 bits per heavy atom. The van der Waals surface area contributed by atoms with Gasteiger partial charge in [-0.3, -0.25) is 4.79 Å². The van der Waals surface area contributed by atoms with Crippen LogP contribution in [0.1, 0.15) is 23.5 Å². The van der Waals surface area contributed by atoms with Gasteiger partial charge in [-0.15, -0.1) is 0 Å². The molecule has 5 heteroatoms. The van der Waals surface area contributed by atoms with Gasteiger partial charge in [-0.25, -0.2) is 4.98 Å². The quantitative estimate of drug-likeness (QED) is 0.865. The molecule has 0 saturated carbocycles. The molecule has 4 nitrogen and oxygen atoms in total. The zero-order valence-corrected chi connectivity index (χ0v) is 10.7. The van der Waals surface area contributed by atoms with E-state index in [4.69, 9.17) is 4.42 Å². The van der Waals surface area contributed by atoms with E-state index in [9.17, 15) is 4.79 Å². The fourth-order valence-corrected chi connectivity index (χ4v) is 2.41. The maximum Gasteiger partial charge on any atom is 0.265 e. The van der Waals surface area contributed by atoms with Crippen molar-refractivity contribution in [1.82, 2.24) is 10.3 Å². The molecule has 17 heavy (non-hydrogen) atoms. The number of benzene rings is 1. The minimum Gasteiger partial charge on any atom is -0.434 e. The van der Waals surface area contributed by atoms with Crippen LogP contribution in [0.2, 0.25) is 0 Å². The molecule has 0 aliphatic carbocycles. The van der Waals surface area contributed by atoms with Gasteiger partial charge in [-0.05, 0) is 37.6 Å². The van der Waals surface area contributed by atoms with Crippen LogP contribution in [0.25, 0.3) is 11.1 Å². The van der Waals surface area contributed by atoms with Crippen molar-refractivity contribution in [3.05, 3.63) is 28.6 Å². The zero-order chi connectivity index (χ0) is 11.8. The molecule has 0 unspecified atom stereocenters. The van der Waals surface area contributed by atoms with Crippen LogP contribution in [0, 0.1) is 0 Å². The molecule has 1 atom stereocenters. The monoisotopic (exact) mass is 294 g/mol. The number of hydrogen-bond acceptors (Lipinski definition) is 4. The molecule has 1 aliphatic rings. The third kappa shape index (κ3) is 2.00. The van der Waals surface area contributed by atoms with Crippen molar-refractivity contribution >= 4 is 32.8 Å². The van der Waals surface area contributed by atoms with Crippen molar-refractivity contribution in [2.24, 2.45) is 0 Å². The Balaban J connectivity index is 1.97. The molecule has 88 valence electrons. The first-order chi connectivity index (χ1) is 8.24. The first kappa shape index (κ1) is 10.9. The van der Waals surface area contributed by atoms with E-state index in [-0.39, 0.29) is 17.7 Å². The van der Waals surface area contributed by atoms with Crippen LogP contribution in [0.3, 0.4) is 0 Å². The van der Waals surface area contributed by atoms with Crippen LogP contribution >= 0.6 is 15.9 Å². The summed E-state index contributed by atoms with van der Waals surface area (Å²) in [5, 5.41) is 3.15. The lowest BCUT2D eigenvalue weighted by molar-refractivity contribution is 0.0920. The van der Waals surface area contributed by atoms with E-state index < -0.39 is 0 Å². The molecule has 0 amide bonds. The molecule has 3 rings (SSSR count). The van der Waals surface area contributed by atoms with Crippen molar-refractivity contribution in [1.29, 1.82) is 0 Å². The number of hydrogen-bond donors (Lipinski definition) is 1. The van der Waals surface area contributed by atoms with E-state index in [1.54, 1.807) is 0 Å². The predicted molar refractivity (Wildman–Crippen MR) is 67.1 cm³/mol. The third-order valence-corrected chi connectivity index (χ3v) is 3.43. The molecule has 1 aromatic carbocycles. The van der Waals surface area contributed by atoms with Crippen LogP contribution < -0.4 is 5.32 Å². The molecule has 1 aliphatic heterocycles. The van der Waals surface area contributed by atoms with Crippen LogP contribution in [-0.4, -0.2) is 23.4 Å². The number of carbonyl (C=O) groups is 1. The van der Waals surface area contributed by atoms with Gasteiger partial charge in [0.25, 0.3) is 5.89 Å². The van der Waals surface area contributed by atoms with E-state index in [2.05, 4.69) is 26.2 Å². The standard InChI is InChI=1S/C12H11BrN2O2/c13-7-3-4-10-9(6-7)15-12(17-10)11(16)8-2-1-5-14-8/h3-4,6,8,14H,1-2,5H2/t8-/m1/s1. The summed E-state index contributed by atoms with van der Waals surface area (Å²) in [6.45, 7) is 0.891. The largest absolute Gasteiger partial charge is 0.434 e. The van der Waals surface area contributed by atoms with E-state index in [1.165, 1.54) is 0 Å². The molecule has 1 saturated heterocycles. The van der Waals surface area contributed by atoms with Crippen molar-refractivity contribution in [2.75, 3.05) is 6.54 Å². The molecule has 2 aromatic rings. The van der Waals surface area contributed by atoms with Gasteiger partial charge >= 0.3 is 0 Å². The number of carbonyl (C=O) groups excluding carboxylic acids is 1. The lowest BCUT2D eigenvalue weighted by Gasteiger charge is -2.04. The number of ketones is 1. The highest BCUT2D eigenvalue weighted by Crippen LogP contribution is 2.22. The summed E-state index contributed by atoms with van der Waals surface area (Å²) in [6, 6.07) is 5.39. The highest BCUT2D eigenvalue weighted by molar-refractivity contribution is 9.10. The minimum absolute atomic E-state index is 0.0465.